The van der Waals surface area contributed by atoms with E-state index < -0.39 is 10.0 Å². The van der Waals surface area contributed by atoms with Crippen LogP contribution < -0.4 is 10.6 Å². The SMILES string of the molecule is CN=C(NCCS(=O)(=O)N1CCSCC1)NC(C)c1cc2ccccc2o1.I. The van der Waals surface area contributed by atoms with Crippen molar-refractivity contribution in [3.8, 4) is 0 Å². The van der Waals surface area contributed by atoms with Crippen molar-refractivity contribution in [3.63, 3.8) is 0 Å². The molecule has 0 amide bonds. The third-order valence-electron chi connectivity index (χ3n) is 4.46. The highest BCUT2D eigenvalue weighted by Crippen LogP contribution is 2.23. The first-order valence-electron chi connectivity index (χ1n) is 9.01. The van der Waals surface area contributed by atoms with Crippen LogP contribution in [0.4, 0.5) is 0 Å². The number of halogens is 1. The zero-order chi connectivity index (χ0) is 19.3. The standard InChI is InChI=1S/C18H26N4O3S2.HI/c1-14(17-13-15-5-3-4-6-16(15)25-17)21-18(19-2)20-7-12-27(23,24)22-8-10-26-11-9-22;/h3-6,13-14H,7-12H2,1-2H3,(H2,19,20,21);1H. The number of nitrogens with one attached hydrogen (secondary N) is 2. The first kappa shape index (κ1) is 23.3. The number of aliphatic imine (C=N–C) groups is 1. The summed E-state index contributed by atoms with van der Waals surface area (Å²) >= 11 is 1.79. The fourth-order valence-corrected chi connectivity index (χ4v) is 5.43. The molecule has 2 heterocycles. The number of hydrogen-bond acceptors (Lipinski definition) is 5. The average molecular weight is 538 g/mol. The van der Waals surface area contributed by atoms with Gasteiger partial charge in [0.15, 0.2) is 5.96 Å². The molecule has 3 rings (SSSR count). The molecule has 1 aromatic heterocycles. The fourth-order valence-electron chi connectivity index (χ4n) is 2.94. The molecule has 2 N–H and O–H groups in total. The number of guanidine groups is 1. The Morgan fingerprint density at radius 1 is 1.32 bits per heavy atom. The van der Waals surface area contributed by atoms with Crippen molar-refractivity contribution in [2.45, 2.75) is 13.0 Å². The van der Waals surface area contributed by atoms with Crippen molar-refractivity contribution < 1.29 is 12.8 Å². The molecule has 2 aromatic rings. The van der Waals surface area contributed by atoms with Crippen LogP contribution in [-0.4, -0.2) is 62.6 Å². The number of fused-ring (bicyclic) bond motifs is 1. The summed E-state index contributed by atoms with van der Waals surface area (Å²) < 4.78 is 32.2. The lowest BCUT2D eigenvalue weighted by Gasteiger charge is -2.25. The van der Waals surface area contributed by atoms with E-state index in [1.165, 1.54) is 0 Å². The predicted octanol–water partition coefficient (Wildman–Crippen LogP) is 2.66. The normalized spacial score (nSPS) is 17.1. The predicted molar refractivity (Wildman–Crippen MR) is 127 cm³/mol. The van der Waals surface area contributed by atoms with Crippen molar-refractivity contribution in [1.29, 1.82) is 0 Å². The minimum Gasteiger partial charge on any atom is -0.459 e. The number of nitrogens with zero attached hydrogens (tertiary/aromatic N) is 2. The maximum atomic E-state index is 12.4. The highest BCUT2D eigenvalue weighted by atomic mass is 127. The van der Waals surface area contributed by atoms with E-state index in [4.69, 9.17) is 4.42 Å². The molecule has 1 aliphatic heterocycles. The Balaban J connectivity index is 0.00000280. The highest BCUT2D eigenvalue weighted by molar-refractivity contribution is 14.0. The zero-order valence-corrected chi connectivity index (χ0v) is 20.0. The Hall–Kier alpha value is -0.980. The molecule has 1 aromatic carbocycles. The molecule has 10 heteroatoms. The van der Waals surface area contributed by atoms with Gasteiger partial charge in [0.2, 0.25) is 10.0 Å². The fraction of sp³-hybridized carbons (Fsp3) is 0.500. The van der Waals surface area contributed by atoms with Crippen LogP contribution in [0, 0.1) is 0 Å². The maximum Gasteiger partial charge on any atom is 0.215 e. The van der Waals surface area contributed by atoms with Gasteiger partial charge in [0.05, 0.1) is 11.8 Å². The minimum absolute atomic E-state index is 0. The van der Waals surface area contributed by atoms with E-state index in [1.54, 1.807) is 23.1 Å². The Bertz CT molecular complexity index is 862. The first-order valence-corrected chi connectivity index (χ1v) is 11.8. The summed E-state index contributed by atoms with van der Waals surface area (Å²) in [4.78, 5) is 4.18. The molecule has 0 spiro atoms. The molecule has 0 saturated carbocycles. The van der Waals surface area contributed by atoms with E-state index in [0.29, 0.717) is 25.6 Å². The quantitative estimate of drug-likeness (QED) is 0.334. The van der Waals surface area contributed by atoms with Gasteiger partial charge in [-0.25, -0.2) is 12.7 Å². The smallest absolute Gasteiger partial charge is 0.215 e. The van der Waals surface area contributed by atoms with E-state index in [2.05, 4.69) is 15.6 Å². The summed E-state index contributed by atoms with van der Waals surface area (Å²) in [5, 5.41) is 7.38. The molecule has 1 unspecified atom stereocenters. The molecule has 1 saturated heterocycles. The van der Waals surface area contributed by atoms with E-state index >= 15 is 0 Å². The number of furan rings is 1. The van der Waals surface area contributed by atoms with Crippen LogP contribution in [0.5, 0.6) is 0 Å². The largest absolute Gasteiger partial charge is 0.459 e. The van der Waals surface area contributed by atoms with Crippen LogP contribution in [-0.2, 0) is 10.0 Å². The molecule has 1 fully saturated rings. The number of sulfonamides is 1. The number of rotatable bonds is 6. The second kappa shape index (κ2) is 10.7. The summed E-state index contributed by atoms with van der Waals surface area (Å²) in [5.41, 5.74) is 0.842. The van der Waals surface area contributed by atoms with Gasteiger partial charge in [-0.15, -0.1) is 24.0 Å². The van der Waals surface area contributed by atoms with Crippen LogP contribution in [0.15, 0.2) is 39.7 Å². The monoisotopic (exact) mass is 538 g/mol. The Labute approximate surface area is 187 Å². The van der Waals surface area contributed by atoms with Gasteiger partial charge in [-0.3, -0.25) is 4.99 Å². The van der Waals surface area contributed by atoms with Crippen molar-refractivity contribution in [3.05, 3.63) is 36.1 Å². The molecule has 0 aliphatic carbocycles. The van der Waals surface area contributed by atoms with Gasteiger partial charge in [0, 0.05) is 43.6 Å². The Morgan fingerprint density at radius 3 is 2.71 bits per heavy atom. The molecule has 156 valence electrons. The van der Waals surface area contributed by atoms with Crippen molar-refractivity contribution in [2.75, 3.05) is 43.9 Å². The van der Waals surface area contributed by atoms with Crippen LogP contribution in [0.2, 0.25) is 0 Å². The van der Waals surface area contributed by atoms with E-state index in [0.717, 1.165) is 28.2 Å². The number of benzene rings is 1. The molecule has 0 radical (unpaired) electrons. The summed E-state index contributed by atoms with van der Waals surface area (Å²) in [6, 6.07) is 9.75. The molecule has 1 atom stereocenters. The summed E-state index contributed by atoms with van der Waals surface area (Å²) in [5.74, 6) is 3.14. The summed E-state index contributed by atoms with van der Waals surface area (Å²) in [6.45, 7) is 3.48. The third kappa shape index (κ3) is 6.01. The topological polar surface area (TPSA) is 86.9 Å². The van der Waals surface area contributed by atoms with Gasteiger partial charge in [0.1, 0.15) is 11.3 Å². The second-order valence-corrected chi connectivity index (χ2v) is 9.69. The Kier molecular flexibility index (Phi) is 8.90. The zero-order valence-electron chi connectivity index (χ0n) is 16.1. The van der Waals surface area contributed by atoms with Crippen LogP contribution >= 0.6 is 35.7 Å². The summed E-state index contributed by atoms with van der Waals surface area (Å²) in [7, 11) is -1.57. The lowest BCUT2D eigenvalue weighted by molar-refractivity contribution is 0.443. The summed E-state index contributed by atoms with van der Waals surface area (Å²) in [6.07, 6.45) is 0. The molecule has 28 heavy (non-hydrogen) atoms. The molecule has 1 aliphatic rings. The van der Waals surface area contributed by atoms with Gasteiger partial charge in [-0.05, 0) is 19.1 Å². The van der Waals surface area contributed by atoms with Gasteiger partial charge in [0.25, 0.3) is 0 Å². The molecular formula is C18H27IN4O3S2. The van der Waals surface area contributed by atoms with Crippen molar-refractivity contribution >= 4 is 62.7 Å². The lowest BCUT2D eigenvalue weighted by atomic mass is 10.2. The minimum atomic E-state index is -3.23. The number of hydrogen-bond donors (Lipinski definition) is 2. The lowest BCUT2D eigenvalue weighted by Crippen LogP contribution is -2.44. The maximum absolute atomic E-state index is 12.4. The van der Waals surface area contributed by atoms with E-state index in [-0.39, 0.29) is 35.8 Å². The van der Waals surface area contributed by atoms with Crippen molar-refractivity contribution in [2.24, 2.45) is 4.99 Å². The van der Waals surface area contributed by atoms with Crippen LogP contribution in [0.1, 0.15) is 18.7 Å². The highest BCUT2D eigenvalue weighted by Gasteiger charge is 2.23. The Morgan fingerprint density at radius 2 is 2.04 bits per heavy atom. The van der Waals surface area contributed by atoms with Crippen LogP contribution in [0.25, 0.3) is 11.0 Å². The molecule has 0 bridgehead atoms. The molecule has 7 nitrogen and oxygen atoms in total. The second-order valence-electron chi connectivity index (χ2n) is 6.38. The number of para-hydroxylation sites is 1. The third-order valence-corrected chi connectivity index (χ3v) is 7.28. The van der Waals surface area contributed by atoms with Crippen LogP contribution in [0.3, 0.4) is 0 Å². The van der Waals surface area contributed by atoms with Crippen molar-refractivity contribution in [1.82, 2.24) is 14.9 Å². The van der Waals surface area contributed by atoms with Gasteiger partial charge in [-0.2, -0.15) is 11.8 Å². The van der Waals surface area contributed by atoms with Gasteiger partial charge < -0.3 is 15.1 Å². The number of thioether (sulfide) groups is 1. The van der Waals surface area contributed by atoms with Gasteiger partial charge in [-0.1, -0.05) is 18.2 Å². The van der Waals surface area contributed by atoms with E-state index in [9.17, 15) is 8.42 Å². The van der Waals surface area contributed by atoms with E-state index in [1.807, 2.05) is 37.3 Å². The van der Waals surface area contributed by atoms with Gasteiger partial charge >= 0.3 is 0 Å². The molecular weight excluding hydrogens is 511 g/mol. The first-order chi connectivity index (χ1) is 13.0. The average Bonchev–Trinajstić information content (AvgIpc) is 3.12.